The van der Waals surface area contributed by atoms with Gasteiger partial charge in [-0.1, -0.05) is 121 Å². The summed E-state index contributed by atoms with van der Waals surface area (Å²) < 4.78 is 7.13. The number of benzene rings is 2. The Labute approximate surface area is 204 Å². The molecule has 1 fully saturated rings. The molecule has 3 rings (SSSR count). The fourth-order valence-corrected chi connectivity index (χ4v) is 10.4. The Bertz CT molecular complexity index is 839. The van der Waals surface area contributed by atoms with E-state index in [0.717, 1.165) is 30.8 Å². The van der Waals surface area contributed by atoms with E-state index < -0.39 is 8.32 Å². The topological polar surface area (TPSA) is 9.23 Å². The average molecular weight is 463 g/mol. The van der Waals surface area contributed by atoms with Crippen LogP contribution in [0.25, 0.3) is 0 Å². The minimum Gasteiger partial charge on any atom is -0.407 e. The molecule has 1 saturated carbocycles. The van der Waals surface area contributed by atoms with E-state index in [2.05, 4.69) is 115 Å². The van der Waals surface area contributed by atoms with Crippen LogP contribution in [0.5, 0.6) is 0 Å². The minimum atomic E-state index is -2.43. The first-order valence-corrected chi connectivity index (χ1v) is 15.0. The van der Waals surface area contributed by atoms with Crippen molar-refractivity contribution in [1.29, 1.82) is 0 Å². The maximum absolute atomic E-state index is 7.13. The van der Waals surface area contributed by atoms with E-state index >= 15 is 0 Å². The third-order valence-electron chi connectivity index (χ3n) is 7.64. The summed E-state index contributed by atoms with van der Waals surface area (Å²) in [6, 6.07) is 22.0. The normalized spacial score (nSPS) is 22.0. The summed E-state index contributed by atoms with van der Waals surface area (Å²) in [6.07, 6.45) is 7.70. The van der Waals surface area contributed by atoms with Crippen LogP contribution in [0.2, 0.25) is 5.04 Å². The highest BCUT2D eigenvalue weighted by Crippen LogP contribution is 2.39. The molecule has 2 aromatic rings. The molecule has 0 aliphatic heterocycles. The van der Waals surface area contributed by atoms with Crippen LogP contribution in [-0.2, 0) is 4.43 Å². The number of rotatable bonds is 8. The molecule has 180 valence electrons. The van der Waals surface area contributed by atoms with Gasteiger partial charge in [-0.2, -0.15) is 0 Å². The smallest absolute Gasteiger partial charge is 0.261 e. The van der Waals surface area contributed by atoms with Gasteiger partial charge in [-0.05, 0) is 64.8 Å². The number of allylic oxidation sites excluding steroid dienone is 2. The molecular formula is C31H46OSi. The van der Waals surface area contributed by atoms with E-state index in [1.807, 2.05) is 0 Å². The zero-order valence-electron chi connectivity index (χ0n) is 22.1. The zero-order chi connectivity index (χ0) is 24.1. The maximum atomic E-state index is 7.13. The van der Waals surface area contributed by atoms with Crippen molar-refractivity contribution in [2.45, 2.75) is 79.2 Å². The second kappa shape index (κ2) is 11.2. The van der Waals surface area contributed by atoms with Gasteiger partial charge in [0.1, 0.15) is 0 Å². The predicted octanol–water partition coefficient (Wildman–Crippen LogP) is 7.61. The molecule has 1 aliphatic carbocycles. The van der Waals surface area contributed by atoms with Crippen molar-refractivity contribution in [1.82, 2.24) is 0 Å². The lowest BCUT2D eigenvalue weighted by Crippen LogP contribution is -2.66. The van der Waals surface area contributed by atoms with Crippen LogP contribution in [0, 0.1) is 23.7 Å². The van der Waals surface area contributed by atoms with Gasteiger partial charge in [-0.3, -0.25) is 0 Å². The van der Waals surface area contributed by atoms with Crippen molar-refractivity contribution in [3.8, 4) is 0 Å². The van der Waals surface area contributed by atoms with Crippen molar-refractivity contribution in [3.63, 3.8) is 0 Å². The zero-order valence-corrected chi connectivity index (χ0v) is 23.1. The Morgan fingerprint density at radius 1 is 0.909 bits per heavy atom. The Balaban J connectivity index is 1.83. The van der Waals surface area contributed by atoms with E-state index in [9.17, 15) is 0 Å². The average Bonchev–Trinajstić information content (AvgIpc) is 2.77. The lowest BCUT2D eigenvalue weighted by Gasteiger charge is -2.43. The SMILES string of the molecule is CC(C)[C@H]1CC[C@H](C)C/C1=C\[C@H](C)CCO[Si](c1ccccc1)(c1ccccc1)C(C)(C)C. The van der Waals surface area contributed by atoms with Gasteiger partial charge in [0.25, 0.3) is 8.32 Å². The van der Waals surface area contributed by atoms with E-state index in [1.54, 1.807) is 5.57 Å². The number of hydrogen-bond donors (Lipinski definition) is 0. The summed E-state index contributed by atoms with van der Waals surface area (Å²) >= 11 is 0. The maximum Gasteiger partial charge on any atom is 0.261 e. The van der Waals surface area contributed by atoms with Crippen LogP contribution in [0.1, 0.15) is 74.1 Å². The van der Waals surface area contributed by atoms with Gasteiger partial charge in [0.05, 0.1) is 0 Å². The predicted molar refractivity (Wildman–Crippen MR) is 147 cm³/mol. The van der Waals surface area contributed by atoms with Crippen molar-refractivity contribution in [2.75, 3.05) is 6.61 Å². The number of hydrogen-bond acceptors (Lipinski definition) is 1. The van der Waals surface area contributed by atoms with E-state index in [0.29, 0.717) is 5.92 Å². The van der Waals surface area contributed by atoms with Gasteiger partial charge in [0.2, 0.25) is 0 Å². The lowest BCUT2D eigenvalue weighted by molar-refractivity contribution is 0.275. The first kappa shape index (κ1) is 26.0. The molecule has 0 aromatic heterocycles. The van der Waals surface area contributed by atoms with Crippen LogP contribution in [0.3, 0.4) is 0 Å². The molecule has 0 unspecified atom stereocenters. The summed E-state index contributed by atoms with van der Waals surface area (Å²) in [4.78, 5) is 0. The molecule has 2 aromatic carbocycles. The van der Waals surface area contributed by atoms with Crippen LogP contribution < -0.4 is 10.4 Å². The Morgan fingerprint density at radius 2 is 1.45 bits per heavy atom. The van der Waals surface area contributed by atoms with E-state index in [1.165, 1.54) is 29.6 Å². The van der Waals surface area contributed by atoms with E-state index in [4.69, 9.17) is 4.43 Å². The highest BCUT2D eigenvalue weighted by atomic mass is 28.4. The highest BCUT2D eigenvalue weighted by molar-refractivity contribution is 6.99. The molecule has 0 spiro atoms. The van der Waals surface area contributed by atoms with Gasteiger partial charge >= 0.3 is 0 Å². The molecule has 1 nitrogen and oxygen atoms in total. The Kier molecular flexibility index (Phi) is 8.80. The minimum absolute atomic E-state index is 0.0406. The fourth-order valence-electron chi connectivity index (χ4n) is 5.87. The summed E-state index contributed by atoms with van der Waals surface area (Å²) in [5, 5.41) is 2.78. The molecule has 3 atom stereocenters. The monoisotopic (exact) mass is 462 g/mol. The van der Waals surface area contributed by atoms with Gasteiger partial charge in [0.15, 0.2) is 0 Å². The molecule has 0 N–H and O–H groups in total. The Morgan fingerprint density at radius 3 is 1.94 bits per heavy atom. The summed E-state index contributed by atoms with van der Waals surface area (Å²) in [5.74, 6) is 2.88. The molecule has 1 aliphatic rings. The molecular weight excluding hydrogens is 416 g/mol. The van der Waals surface area contributed by atoms with Gasteiger partial charge < -0.3 is 4.43 Å². The van der Waals surface area contributed by atoms with Crippen LogP contribution >= 0.6 is 0 Å². The van der Waals surface area contributed by atoms with Crippen molar-refractivity contribution < 1.29 is 4.43 Å². The molecule has 0 radical (unpaired) electrons. The van der Waals surface area contributed by atoms with Crippen LogP contribution in [-0.4, -0.2) is 14.9 Å². The highest BCUT2D eigenvalue weighted by Gasteiger charge is 2.50. The van der Waals surface area contributed by atoms with Gasteiger partial charge in [0, 0.05) is 6.61 Å². The van der Waals surface area contributed by atoms with Crippen molar-refractivity contribution in [3.05, 3.63) is 72.3 Å². The largest absolute Gasteiger partial charge is 0.407 e. The van der Waals surface area contributed by atoms with Crippen LogP contribution in [0.15, 0.2) is 72.3 Å². The standard InChI is InChI=1S/C31H46OSi/c1-24(2)30-19-18-25(3)22-27(30)23-26(4)20-21-32-33(31(5,6)7,28-14-10-8-11-15-28)29-16-12-9-13-17-29/h8-17,23-26,30H,18-22H2,1-7H3/b27-23+/t25-,26+,30+/m0/s1. The first-order valence-electron chi connectivity index (χ1n) is 13.1. The van der Waals surface area contributed by atoms with Gasteiger partial charge in [-0.15, -0.1) is 0 Å². The molecule has 33 heavy (non-hydrogen) atoms. The van der Waals surface area contributed by atoms with Crippen LogP contribution in [0.4, 0.5) is 0 Å². The summed E-state index contributed by atoms with van der Waals surface area (Å²) in [5.41, 5.74) is 1.71. The van der Waals surface area contributed by atoms with Gasteiger partial charge in [-0.25, -0.2) is 0 Å². The summed E-state index contributed by atoms with van der Waals surface area (Å²) in [7, 11) is -2.43. The second-order valence-electron chi connectivity index (χ2n) is 11.8. The second-order valence-corrected chi connectivity index (χ2v) is 16.1. The third-order valence-corrected chi connectivity index (χ3v) is 12.7. The fraction of sp³-hybridized carbons (Fsp3) is 0.548. The third kappa shape index (κ3) is 6.08. The Hall–Kier alpha value is -1.64. The van der Waals surface area contributed by atoms with E-state index in [-0.39, 0.29) is 5.04 Å². The molecule has 0 bridgehead atoms. The molecule has 0 heterocycles. The first-order chi connectivity index (χ1) is 15.6. The quantitative estimate of drug-likeness (QED) is 0.290. The lowest BCUT2D eigenvalue weighted by atomic mass is 9.73. The van der Waals surface area contributed by atoms with Crippen molar-refractivity contribution >= 4 is 18.7 Å². The molecule has 0 saturated heterocycles. The van der Waals surface area contributed by atoms with Crippen molar-refractivity contribution in [2.24, 2.45) is 23.7 Å². The molecule has 0 amide bonds. The molecule has 2 heteroatoms. The summed E-state index contributed by atoms with van der Waals surface area (Å²) in [6.45, 7) is 17.5.